The normalized spacial score (nSPS) is 20.3. The second-order valence-corrected chi connectivity index (χ2v) is 9.03. The Labute approximate surface area is 203 Å². The molecule has 1 aromatic rings. The predicted molar refractivity (Wildman–Crippen MR) is 115 cm³/mol. The third-order valence-electron chi connectivity index (χ3n) is 5.46. The molecule has 1 amide bonds. The Morgan fingerprint density at radius 3 is 1.97 bits per heavy atom. The van der Waals surface area contributed by atoms with Gasteiger partial charge in [-0.1, -0.05) is 19.9 Å². The highest BCUT2D eigenvalue weighted by atomic mass is 19.4. The van der Waals surface area contributed by atoms with Crippen LogP contribution in [0.15, 0.2) is 24.4 Å². The zero-order valence-corrected chi connectivity index (χ0v) is 19.8. The first kappa shape index (κ1) is 31.1. The van der Waals surface area contributed by atoms with Crippen molar-refractivity contribution >= 4 is 17.8 Å². The second-order valence-electron chi connectivity index (χ2n) is 9.03. The molecular weight excluding hydrogens is 500 g/mol. The van der Waals surface area contributed by atoms with Crippen molar-refractivity contribution in [1.82, 2.24) is 14.8 Å². The van der Waals surface area contributed by atoms with Gasteiger partial charge >= 0.3 is 24.3 Å². The minimum absolute atomic E-state index is 0.0958. The molecule has 0 saturated carbocycles. The molecule has 8 nitrogen and oxygen atoms in total. The topological polar surface area (TPSA) is 111 Å². The van der Waals surface area contributed by atoms with Crippen LogP contribution >= 0.6 is 0 Å². The number of alkyl halides is 6. The lowest BCUT2D eigenvalue weighted by Gasteiger charge is -2.41. The van der Waals surface area contributed by atoms with Gasteiger partial charge in [0.1, 0.15) is 5.69 Å². The zero-order chi connectivity index (χ0) is 27.7. The number of amides is 1. The number of aromatic nitrogens is 1. The molecule has 3 heterocycles. The maximum Gasteiger partial charge on any atom is 0.490 e. The number of rotatable bonds is 3. The lowest BCUT2D eigenvalue weighted by molar-refractivity contribution is -0.193. The number of hydrogen-bond donors (Lipinski definition) is 2. The monoisotopic (exact) mass is 529 g/mol. The van der Waals surface area contributed by atoms with Crippen LogP contribution in [-0.2, 0) is 9.59 Å². The molecule has 3 rings (SSSR count). The van der Waals surface area contributed by atoms with Crippen molar-refractivity contribution in [2.75, 3.05) is 32.7 Å². The van der Waals surface area contributed by atoms with E-state index in [4.69, 9.17) is 19.8 Å². The molecule has 14 heteroatoms. The molecule has 1 aromatic heterocycles. The molecule has 2 N–H and O–H groups in total. The van der Waals surface area contributed by atoms with Gasteiger partial charge in [-0.15, -0.1) is 0 Å². The molecule has 36 heavy (non-hydrogen) atoms. The first-order chi connectivity index (χ1) is 16.5. The number of hydrogen-bond acceptors (Lipinski definition) is 5. The molecule has 0 aromatic carbocycles. The van der Waals surface area contributed by atoms with Gasteiger partial charge in [0.05, 0.1) is 0 Å². The number of likely N-dealkylation sites (tertiary alicyclic amines) is 2. The summed E-state index contributed by atoms with van der Waals surface area (Å²) in [6.07, 6.45) is -4.81. The van der Waals surface area contributed by atoms with E-state index >= 15 is 0 Å². The van der Waals surface area contributed by atoms with E-state index in [9.17, 15) is 31.1 Å². The summed E-state index contributed by atoms with van der Waals surface area (Å²) in [4.78, 5) is 39.2. The standard InChI is InChI=1S/C18H27N3O.2C2HF3O2/c1-15(2)12-20-10-5-7-18(13-20)8-11-21(14-18)17(22)16-6-3-4-9-19-16;2*3-2(4,5)1(6)7/h3-4,6,9,15H,5,7-8,10-14H2,1-2H3;2*(H,6,7). The third kappa shape index (κ3) is 10.4. The first-order valence-electron chi connectivity index (χ1n) is 11.0. The summed E-state index contributed by atoms with van der Waals surface area (Å²) in [7, 11) is 0. The lowest BCUT2D eigenvalue weighted by atomic mass is 9.79. The summed E-state index contributed by atoms with van der Waals surface area (Å²) in [6, 6.07) is 5.56. The van der Waals surface area contributed by atoms with Crippen LogP contribution in [0.25, 0.3) is 0 Å². The smallest absolute Gasteiger partial charge is 0.475 e. The van der Waals surface area contributed by atoms with Crippen LogP contribution < -0.4 is 0 Å². The molecule has 0 bridgehead atoms. The SMILES string of the molecule is CC(C)CN1CCCC2(CCN(C(=O)c3ccccn3)C2)C1.O=C(O)C(F)(F)F.O=C(O)C(F)(F)F. The number of nitrogens with zero attached hydrogens (tertiary/aromatic N) is 3. The number of carboxylic acid groups (broad SMARTS) is 2. The summed E-state index contributed by atoms with van der Waals surface area (Å²) in [6.45, 7) is 9.89. The number of aliphatic carboxylic acids is 2. The molecule has 2 fully saturated rings. The summed E-state index contributed by atoms with van der Waals surface area (Å²) in [5.74, 6) is -4.71. The Bertz CT molecular complexity index is 855. The van der Waals surface area contributed by atoms with Crippen LogP contribution in [0.5, 0.6) is 0 Å². The fourth-order valence-electron chi connectivity index (χ4n) is 4.08. The lowest BCUT2D eigenvalue weighted by Crippen LogP contribution is -2.46. The molecule has 1 spiro atoms. The maximum absolute atomic E-state index is 12.6. The van der Waals surface area contributed by atoms with Crippen LogP contribution in [-0.4, -0.2) is 87.9 Å². The van der Waals surface area contributed by atoms with Gasteiger partial charge in [-0.2, -0.15) is 26.3 Å². The van der Waals surface area contributed by atoms with Gasteiger partial charge in [-0.05, 0) is 43.9 Å². The highest BCUT2D eigenvalue weighted by Crippen LogP contribution is 2.39. The van der Waals surface area contributed by atoms with Crippen LogP contribution in [0.4, 0.5) is 26.3 Å². The van der Waals surface area contributed by atoms with E-state index in [1.165, 1.54) is 25.9 Å². The van der Waals surface area contributed by atoms with Crippen molar-refractivity contribution in [2.45, 2.75) is 45.5 Å². The number of carboxylic acids is 2. The van der Waals surface area contributed by atoms with E-state index in [0.717, 1.165) is 26.1 Å². The molecule has 1 atom stereocenters. The number of halogens is 6. The Kier molecular flexibility index (Phi) is 11.1. The second kappa shape index (κ2) is 12.9. The van der Waals surface area contributed by atoms with Crippen LogP contribution in [0.1, 0.15) is 43.6 Å². The van der Waals surface area contributed by atoms with Crippen LogP contribution in [0.2, 0.25) is 0 Å². The highest BCUT2D eigenvalue weighted by Gasteiger charge is 2.43. The van der Waals surface area contributed by atoms with E-state index < -0.39 is 24.3 Å². The Balaban J connectivity index is 0.000000383. The van der Waals surface area contributed by atoms with Crippen molar-refractivity contribution in [1.29, 1.82) is 0 Å². The molecule has 1 unspecified atom stereocenters. The van der Waals surface area contributed by atoms with Crippen molar-refractivity contribution in [3.8, 4) is 0 Å². The van der Waals surface area contributed by atoms with E-state index in [1.807, 2.05) is 23.1 Å². The number of piperidine rings is 1. The van der Waals surface area contributed by atoms with Gasteiger partial charge in [-0.3, -0.25) is 9.78 Å². The Hall–Kier alpha value is -2.90. The van der Waals surface area contributed by atoms with E-state index in [1.54, 1.807) is 6.20 Å². The van der Waals surface area contributed by atoms with Crippen molar-refractivity contribution in [3.05, 3.63) is 30.1 Å². The minimum atomic E-state index is -5.08. The largest absolute Gasteiger partial charge is 0.490 e. The first-order valence-corrected chi connectivity index (χ1v) is 11.0. The Morgan fingerprint density at radius 1 is 0.972 bits per heavy atom. The van der Waals surface area contributed by atoms with E-state index in [0.29, 0.717) is 17.0 Å². The van der Waals surface area contributed by atoms with Crippen molar-refractivity contribution in [3.63, 3.8) is 0 Å². The fourth-order valence-corrected chi connectivity index (χ4v) is 4.08. The molecule has 204 valence electrons. The van der Waals surface area contributed by atoms with Crippen molar-refractivity contribution < 1.29 is 50.9 Å². The van der Waals surface area contributed by atoms with Crippen LogP contribution in [0, 0.1) is 11.3 Å². The van der Waals surface area contributed by atoms with Gasteiger partial charge in [-0.25, -0.2) is 9.59 Å². The highest BCUT2D eigenvalue weighted by molar-refractivity contribution is 5.92. The number of carbonyl (C=O) groups excluding carboxylic acids is 1. The van der Waals surface area contributed by atoms with Crippen molar-refractivity contribution in [2.24, 2.45) is 11.3 Å². The molecular formula is C22H29F6N3O5. The molecule has 0 aliphatic carbocycles. The summed E-state index contributed by atoms with van der Waals surface area (Å²) < 4.78 is 63.5. The fraction of sp³-hybridized carbons (Fsp3) is 0.636. The summed E-state index contributed by atoms with van der Waals surface area (Å²) in [5, 5.41) is 14.2. The molecule has 0 radical (unpaired) electrons. The number of carbonyl (C=O) groups is 3. The molecule has 2 aliphatic heterocycles. The minimum Gasteiger partial charge on any atom is -0.475 e. The van der Waals surface area contributed by atoms with Gasteiger partial charge in [0.25, 0.3) is 5.91 Å². The summed E-state index contributed by atoms with van der Waals surface area (Å²) >= 11 is 0. The van der Waals surface area contributed by atoms with Gasteiger partial charge in [0, 0.05) is 37.8 Å². The van der Waals surface area contributed by atoms with E-state index in [-0.39, 0.29) is 5.91 Å². The maximum atomic E-state index is 12.6. The number of pyridine rings is 1. The van der Waals surface area contributed by atoms with Gasteiger partial charge < -0.3 is 20.0 Å². The zero-order valence-electron chi connectivity index (χ0n) is 19.8. The van der Waals surface area contributed by atoms with Crippen LogP contribution in [0.3, 0.4) is 0 Å². The average Bonchev–Trinajstić information content (AvgIpc) is 3.16. The molecule has 2 saturated heterocycles. The molecule has 2 aliphatic rings. The quantitative estimate of drug-likeness (QED) is 0.571. The Morgan fingerprint density at radius 2 is 1.53 bits per heavy atom. The van der Waals surface area contributed by atoms with Gasteiger partial charge in [0.15, 0.2) is 0 Å². The summed E-state index contributed by atoms with van der Waals surface area (Å²) in [5.41, 5.74) is 0.895. The van der Waals surface area contributed by atoms with E-state index in [2.05, 4.69) is 23.7 Å². The average molecular weight is 529 g/mol. The predicted octanol–water partition coefficient (Wildman–Crippen LogP) is 3.93. The third-order valence-corrected chi connectivity index (χ3v) is 5.46. The van der Waals surface area contributed by atoms with Gasteiger partial charge in [0.2, 0.25) is 0 Å².